The van der Waals surface area contributed by atoms with Crippen molar-refractivity contribution < 1.29 is 17.6 Å². The fourth-order valence-electron chi connectivity index (χ4n) is 6.74. The maximum absolute atomic E-state index is 13.8. The summed E-state index contributed by atoms with van der Waals surface area (Å²) in [6.07, 6.45) is 4.58. The summed E-state index contributed by atoms with van der Waals surface area (Å²) >= 11 is 2.53. The minimum Gasteiger partial charge on any atom is -0.287 e. The summed E-state index contributed by atoms with van der Waals surface area (Å²) in [5.74, 6) is -4.91. The van der Waals surface area contributed by atoms with Crippen LogP contribution < -0.4 is 32.4 Å². The first-order chi connectivity index (χ1) is 21.1. The van der Waals surface area contributed by atoms with Gasteiger partial charge in [-0.15, -0.1) is 22.7 Å². The second kappa shape index (κ2) is 9.29. The molecule has 0 radical (unpaired) electrons. The number of hydrogen-bond acceptors (Lipinski definition) is 8. The Labute approximate surface area is 251 Å². The first-order valence-electron chi connectivity index (χ1n) is 13.7. The molecule has 0 N–H and O–H groups in total. The molecule has 218 valence electrons. The molecule has 1 spiro atoms. The molecule has 0 amide bonds. The lowest BCUT2D eigenvalue weighted by Gasteiger charge is -2.34. The van der Waals surface area contributed by atoms with Crippen molar-refractivity contribution in [3.8, 4) is 9.75 Å². The third-order valence-corrected chi connectivity index (χ3v) is 11.0. The highest BCUT2D eigenvalue weighted by Crippen LogP contribution is 2.62. The van der Waals surface area contributed by atoms with Gasteiger partial charge in [0.1, 0.15) is 10.0 Å². The van der Waals surface area contributed by atoms with Crippen LogP contribution in [0, 0.1) is 23.3 Å². The van der Waals surface area contributed by atoms with E-state index in [1.54, 1.807) is 0 Å². The van der Waals surface area contributed by atoms with E-state index in [0.29, 0.717) is 34.3 Å². The van der Waals surface area contributed by atoms with Crippen LogP contribution in [-0.2, 0) is 5.41 Å². The van der Waals surface area contributed by atoms with E-state index < -0.39 is 61.1 Å². The lowest BCUT2D eigenvalue weighted by molar-refractivity contribution is 0.353. The van der Waals surface area contributed by atoms with Crippen molar-refractivity contribution in [3.05, 3.63) is 122 Å². The smallest absolute Gasteiger partial charge is 0.216 e. The van der Waals surface area contributed by atoms with Gasteiger partial charge in [-0.25, -0.2) is 27.5 Å². The van der Waals surface area contributed by atoms with Crippen molar-refractivity contribution in [2.75, 3.05) is 0 Å². The SMILES string of the molecule is O=c1c(=Nc2cc3c(s2)-c2sc(N=c4c(=O)c5cc(F)c(F)cc5c4=O)cc2C32CCCCC2)c(=O)c2cc(F)c(F)cc12. The van der Waals surface area contributed by atoms with Crippen molar-refractivity contribution in [1.29, 1.82) is 0 Å². The highest BCUT2D eigenvalue weighted by molar-refractivity contribution is 7.26. The molecule has 2 aliphatic rings. The number of fused-ring (bicyclic) bond motifs is 7. The van der Waals surface area contributed by atoms with E-state index in [0.717, 1.165) is 53.0 Å². The van der Waals surface area contributed by atoms with Crippen LogP contribution in [0.3, 0.4) is 0 Å². The summed E-state index contributed by atoms with van der Waals surface area (Å²) in [5, 5.41) is -0.960. The van der Waals surface area contributed by atoms with Gasteiger partial charge < -0.3 is 0 Å². The van der Waals surface area contributed by atoms with Crippen LogP contribution in [0.4, 0.5) is 27.6 Å². The quantitative estimate of drug-likeness (QED) is 0.234. The second-order valence-electron chi connectivity index (χ2n) is 11.2. The summed E-state index contributed by atoms with van der Waals surface area (Å²) in [6, 6.07) is 6.56. The molecule has 0 saturated heterocycles. The molecule has 1 saturated carbocycles. The molecule has 0 atom stereocenters. The number of thiophene rings is 2. The van der Waals surface area contributed by atoms with Gasteiger partial charge in [0.25, 0.3) is 0 Å². The van der Waals surface area contributed by atoms with E-state index in [4.69, 9.17) is 0 Å². The number of halogens is 4. The summed E-state index contributed by atoms with van der Waals surface area (Å²) in [4.78, 5) is 62.2. The van der Waals surface area contributed by atoms with E-state index in [2.05, 4.69) is 9.98 Å². The number of nitrogens with zero attached hydrogens (tertiary/aromatic N) is 2. The number of hydrogen-bond donors (Lipinski definition) is 0. The lowest BCUT2D eigenvalue weighted by atomic mass is 9.68. The molecule has 12 heteroatoms. The third kappa shape index (κ3) is 3.64. The molecule has 0 bridgehead atoms. The van der Waals surface area contributed by atoms with Crippen LogP contribution in [0.5, 0.6) is 0 Å². The molecule has 6 nitrogen and oxygen atoms in total. The van der Waals surface area contributed by atoms with Crippen LogP contribution in [0.2, 0.25) is 0 Å². The Kier molecular flexibility index (Phi) is 5.73. The molecule has 2 aromatic heterocycles. The van der Waals surface area contributed by atoms with Gasteiger partial charge in [0.15, 0.2) is 34.0 Å². The zero-order valence-corrected chi connectivity index (χ0v) is 24.0. The third-order valence-electron chi connectivity index (χ3n) is 8.79. The van der Waals surface area contributed by atoms with Crippen LogP contribution in [0.15, 0.2) is 65.6 Å². The molecule has 44 heavy (non-hydrogen) atoms. The lowest BCUT2D eigenvalue weighted by Crippen LogP contribution is -2.31. The molecular formula is C32H16F4N2O4S2. The maximum Gasteiger partial charge on any atom is 0.216 e. The van der Waals surface area contributed by atoms with Gasteiger partial charge in [-0.1, -0.05) is 19.3 Å². The Morgan fingerprint density at radius 1 is 0.523 bits per heavy atom. The van der Waals surface area contributed by atoms with Gasteiger partial charge >= 0.3 is 0 Å². The first-order valence-corrected chi connectivity index (χ1v) is 15.3. The number of benzene rings is 2. The largest absolute Gasteiger partial charge is 0.287 e. The van der Waals surface area contributed by atoms with Gasteiger partial charge in [-0.05, 0) is 60.4 Å². The zero-order chi connectivity index (χ0) is 30.7. The van der Waals surface area contributed by atoms with Crippen molar-refractivity contribution in [3.63, 3.8) is 0 Å². The molecule has 1 fully saturated rings. The molecule has 2 heterocycles. The van der Waals surface area contributed by atoms with Gasteiger partial charge in [-0.2, -0.15) is 0 Å². The monoisotopic (exact) mass is 632 g/mol. The van der Waals surface area contributed by atoms with Gasteiger partial charge in [0.05, 0.1) is 9.75 Å². The minimum absolute atomic E-state index is 0.228. The molecule has 0 aliphatic heterocycles. The van der Waals surface area contributed by atoms with Gasteiger partial charge in [0.2, 0.25) is 21.7 Å². The van der Waals surface area contributed by atoms with E-state index >= 15 is 0 Å². The van der Waals surface area contributed by atoms with Crippen molar-refractivity contribution in [1.82, 2.24) is 0 Å². The van der Waals surface area contributed by atoms with Gasteiger partial charge in [0, 0.05) is 27.0 Å². The topological polar surface area (TPSA) is 93.0 Å². The minimum atomic E-state index is -1.23. The highest BCUT2D eigenvalue weighted by Gasteiger charge is 2.46. The molecule has 4 aromatic carbocycles. The Bertz CT molecular complexity index is 2290. The summed E-state index contributed by atoms with van der Waals surface area (Å²) < 4.78 is 55.2. The Morgan fingerprint density at radius 3 is 1.20 bits per heavy atom. The van der Waals surface area contributed by atoms with E-state index in [-0.39, 0.29) is 21.5 Å². The Morgan fingerprint density at radius 2 is 0.864 bits per heavy atom. The molecule has 0 unspecified atom stereocenters. The average Bonchev–Trinajstić information content (AvgIpc) is 3.77. The van der Waals surface area contributed by atoms with Crippen molar-refractivity contribution in [2.45, 2.75) is 37.5 Å². The summed E-state index contributed by atoms with van der Waals surface area (Å²) in [6.45, 7) is 0. The van der Waals surface area contributed by atoms with Crippen LogP contribution in [0.25, 0.3) is 31.3 Å². The molecular weight excluding hydrogens is 616 g/mol. The van der Waals surface area contributed by atoms with E-state index in [9.17, 15) is 36.7 Å². The van der Waals surface area contributed by atoms with Crippen molar-refractivity contribution >= 4 is 54.2 Å². The normalized spacial score (nSPS) is 15.4. The second-order valence-corrected chi connectivity index (χ2v) is 13.2. The highest BCUT2D eigenvalue weighted by atomic mass is 32.1. The fraction of sp³-hybridized carbons (Fsp3) is 0.188. The summed E-state index contributed by atoms with van der Waals surface area (Å²) in [5.41, 5.74) is -1.48. The van der Waals surface area contributed by atoms with E-state index in [1.807, 2.05) is 12.1 Å². The average molecular weight is 633 g/mol. The Hall–Kier alpha value is -4.42. The van der Waals surface area contributed by atoms with Gasteiger partial charge in [-0.3, -0.25) is 19.2 Å². The number of rotatable bonds is 2. The summed E-state index contributed by atoms with van der Waals surface area (Å²) in [7, 11) is 0. The molecule has 6 aromatic rings. The maximum atomic E-state index is 13.8. The standard InChI is InChI=1S/C32H16F4N2O4S2/c33-18-6-12-13(7-19(18)34)27(40)24(26(12)39)37-22-10-16-30(43-22)31-17(32(16)4-2-1-3-5-32)11-23(44-31)38-25-28(41)14-8-20(35)21(36)9-15(14)29(25)42/h6-11H,1-5H2. The van der Waals surface area contributed by atoms with Crippen LogP contribution in [0.1, 0.15) is 43.2 Å². The predicted molar refractivity (Wildman–Crippen MR) is 159 cm³/mol. The predicted octanol–water partition coefficient (Wildman–Crippen LogP) is 5.56. The van der Waals surface area contributed by atoms with E-state index in [1.165, 1.54) is 22.7 Å². The first kappa shape index (κ1) is 27.2. The van der Waals surface area contributed by atoms with Crippen LogP contribution >= 0.6 is 22.7 Å². The van der Waals surface area contributed by atoms with Crippen molar-refractivity contribution in [2.24, 2.45) is 9.98 Å². The molecule has 8 rings (SSSR count). The van der Waals surface area contributed by atoms with Crippen LogP contribution in [-0.4, -0.2) is 0 Å². The zero-order valence-electron chi connectivity index (χ0n) is 22.4. The Balaban J connectivity index is 1.31. The molecule has 2 aliphatic carbocycles. The fourth-order valence-corrected chi connectivity index (χ4v) is 9.17.